The molecule has 0 saturated carbocycles. The minimum atomic E-state index is -0.435. The van der Waals surface area contributed by atoms with E-state index >= 15 is 0 Å². The van der Waals surface area contributed by atoms with Gasteiger partial charge in [0.15, 0.2) is 22.5 Å². The van der Waals surface area contributed by atoms with E-state index in [4.69, 9.17) is 9.47 Å². The minimum Gasteiger partial charge on any atom is -0.483 e. The van der Waals surface area contributed by atoms with Gasteiger partial charge < -0.3 is 14.8 Å². The van der Waals surface area contributed by atoms with Crippen molar-refractivity contribution in [2.45, 2.75) is 38.1 Å². The first-order chi connectivity index (χ1) is 13.1. The Labute approximate surface area is 162 Å². The molecule has 1 amide bonds. The van der Waals surface area contributed by atoms with E-state index in [-0.39, 0.29) is 30.1 Å². The van der Waals surface area contributed by atoms with Crippen LogP contribution in [0.1, 0.15) is 32.1 Å². The first-order valence-electron chi connectivity index (χ1n) is 8.76. The van der Waals surface area contributed by atoms with E-state index < -0.39 is 5.82 Å². The van der Waals surface area contributed by atoms with Gasteiger partial charge in [0.2, 0.25) is 5.91 Å². The predicted molar refractivity (Wildman–Crippen MR) is 101 cm³/mol. The van der Waals surface area contributed by atoms with Crippen LogP contribution in [0, 0.1) is 5.82 Å². The lowest BCUT2D eigenvalue weighted by Gasteiger charge is -2.17. The molecular formula is C18H25FN4O3S. The number of para-hydroxylation sites is 1. The molecule has 1 aromatic carbocycles. The molecule has 0 radical (unpaired) electrons. The Balaban J connectivity index is 2.10. The molecule has 0 unspecified atom stereocenters. The van der Waals surface area contributed by atoms with Crippen LogP contribution in [-0.2, 0) is 16.1 Å². The maximum Gasteiger partial charge on any atom is 0.230 e. The number of rotatable bonds is 11. The molecule has 1 N–H and O–H groups in total. The molecule has 1 aromatic heterocycles. The number of nitrogens with one attached hydrogen (secondary N) is 1. The molecule has 148 valence electrons. The number of thioether (sulfide) groups is 1. The minimum absolute atomic E-state index is 0.0556. The van der Waals surface area contributed by atoms with E-state index in [1.165, 1.54) is 17.8 Å². The number of hydrogen-bond acceptors (Lipinski definition) is 6. The van der Waals surface area contributed by atoms with Crippen molar-refractivity contribution in [3.63, 3.8) is 0 Å². The third-order valence-electron chi connectivity index (χ3n) is 3.68. The van der Waals surface area contributed by atoms with Gasteiger partial charge in [0, 0.05) is 13.7 Å². The molecule has 1 atom stereocenters. The van der Waals surface area contributed by atoms with Crippen molar-refractivity contribution >= 4 is 17.7 Å². The highest BCUT2D eigenvalue weighted by atomic mass is 32.2. The molecular weight excluding hydrogens is 371 g/mol. The molecule has 9 heteroatoms. The fourth-order valence-corrected chi connectivity index (χ4v) is 3.30. The lowest BCUT2D eigenvalue weighted by atomic mass is 10.3. The Kier molecular flexibility index (Phi) is 8.53. The SMILES string of the molecule is CCCNC(=O)CSc1nnc(COc2ccccc2F)n1[C@@H](C)COC. The monoisotopic (exact) mass is 396 g/mol. The number of aromatic nitrogens is 3. The number of nitrogens with zero attached hydrogens (tertiary/aromatic N) is 3. The zero-order valence-corrected chi connectivity index (χ0v) is 16.6. The van der Waals surface area contributed by atoms with Crippen LogP contribution in [0.25, 0.3) is 0 Å². The molecule has 2 rings (SSSR count). The van der Waals surface area contributed by atoms with Gasteiger partial charge in [-0.25, -0.2) is 4.39 Å². The van der Waals surface area contributed by atoms with Gasteiger partial charge >= 0.3 is 0 Å². The average Bonchev–Trinajstić information content (AvgIpc) is 3.07. The van der Waals surface area contributed by atoms with Crippen LogP contribution in [-0.4, -0.2) is 46.7 Å². The zero-order chi connectivity index (χ0) is 19.6. The molecule has 0 bridgehead atoms. The Morgan fingerprint density at radius 3 is 2.85 bits per heavy atom. The van der Waals surface area contributed by atoms with Crippen molar-refractivity contribution < 1.29 is 18.7 Å². The van der Waals surface area contributed by atoms with E-state index in [2.05, 4.69) is 15.5 Å². The number of ether oxygens (including phenoxy) is 2. The number of amides is 1. The number of carbonyl (C=O) groups excluding carboxylic acids is 1. The maximum absolute atomic E-state index is 13.8. The summed E-state index contributed by atoms with van der Waals surface area (Å²) in [5.41, 5.74) is 0. The first kappa shape index (κ1) is 21.2. The van der Waals surface area contributed by atoms with Crippen LogP contribution in [0.3, 0.4) is 0 Å². The molecule has 0 saturated heterocycles. The second-order valence-corrected chi connectivity index (χ2v) is 6.87. The van der Waals surface area contributed by atoms with Crippen LogP contribution in [0.4, 0.5) is 4.39 Å². The van der Waals surface area contributed by atoms with Gasteiger partial charge in [-0.15, -0.1) is 10.2 Å². The Morgan fingerprint density at radius 2 is 2.15 bits per heavy atom. The largest absolute Gasteiger partial charge is 0.483 e. The second-order valence-electron chi connectivity index (χ2n) is 5.93. The number of halogens is 1. The van der Waals surface area contributed by atoms with Gasteiger partial charge in [0.1, 0.15) is 6.61 Å². The first-order valence-corrected chi connectivity index (χ1v) is 9.74. The molecule has 0 fully saturated rings. The fourth-order valence-electron chi connectivity index (χ4n) is 2.41. The Bertz CT molecular complexity index is 741. The van der Waals surface area contributed by atoms with Crippen LogP contribution in [0.2, 0.25) is 0 Å². The molecule has 0 aliphatic carbocycles. The number of hydrogen-bond donors (Lipinski definition) is 1. The molecule has 0 spiro atoms. The predicted octanol–water partition coefficient (Wildman–Crippen LogP) is 2.82. The van der Waals surface area contributed by atoms with Crippen LogP contribution < -0.4 is 10.1 Å². The lowest BCUT2D eigenvalue weighted by Crippen LogP contribution is -2.26. The molecule has 7 nitrogen and oxygen atoms in total. The average molecular weight is 396 g/mol. The molecule has 0 aliphatic heterocycles. The number of carbonyl (C=O) groups is 1. The smallest absolute Gasteiger partial charge is 0.230 e. The maximum atomic E-state index is 13.8. The summed E-state index contributed by atoms with van der Waals surface area (Å²) in [5, 5.41) is 11.8. The highest BCUT2D eigenvalue weighted by Gasteiger charge is 2.19. The Morgan fingerprint density at radius 1 is 1.37 bits per heavy atom. The van der Waals surface area contributed by atoms with Gasteiger partial charge in [-0.1, -0.05) is 30.8 Å². The highest BCUT2D eigenvalue weighted by molar-refractivity contribution is 7.99. The summed E-state index contributed by atoms with van der Waals surface area (Å²) >= 11 is 1.30. The summed E-state index contributed by atoms with van der Waals surface area (Å²) in [6.07, 6.45) is 0.884. The van der Waals surface area contributed by atoms with E-state index in [0.29, 0.717) is 24.1 Å². The van der Waals surface area contributed by atoms with Crippen molar-refractivity contribution in [3.8, 4) is 5.75 Å². The zero-order valence-electron chi connectivity index (χ0n) is 15.8. The highest BCUT2D eigenvalue weighted by Crippen LogP contribution is 2.23. The molecule has 2 aromatic rings. The summed E-state index contributed by atoms with van der Waals surface area (Å²) in [5.74, 6) is 0.445. The van der Waals surface area contributed by atoms with Crippen LogP contribution in [0.5, 0.6) is 5.75 Å². The molecule has 27 heavy (non-hydrogen) atoms. The van der Waals surface area contributed by atoms with Gasteiger partial charge in [-0.2, -0.15) is 0 Å². The summed E-state index contributed by atoms with van der Waals surface area (Å²) in [6, 6.07) is 6.13. The summed E-state index contributed by atoms with van der Waals surface area (Å²) in [6.45, 7) is 5.11. The van der Waals surface area contributed by atoms with Gasteiger partial charge in [0.05, 0.1) is 18.4 Å². The summed E-state index contributed by atoms with van der Waals surface area (Å²) in [4.78, 5) is 11.9. The van der Waals surface area contributed by atoms with E-state index in [9.17, 15) is 9.18 Å². The molecule has 1 heterocycles. The quantitative estimate of drug-likeness (QED) is 0.589. The second kappa shape index (κ2) is 10.9. The van der Waals surface area contributed by atoms with Crippen molar-refractivity contribution in [2.75, 3.05) is 26.0 Å². The topological polar surface area (TPSA) is 78.3 Å². The third-order valence-corrected chi connectivity index (χ3v) is 4.62. The lowest BCUT2D eigenvalue weighted by molar-refractivity contribution is -0.118. The van der Waals surface area contributed by atoms with Crippen molar-refractivity contribution in [1.29, 1.82) is 0 Å². The summed E-state index contributed by atoms with van der Waals surface area (Å²) < 4.78 is 26.4. The molecule has 0 aliphatic rings. The fraction of sp³-hybridized carbons (Fsp3) is 0.500. The van der Waals surface area contributed by atoms with E-state index in [1.807, 2.05) is 18.4 Å². The standard InChI is InChI=1S/C18H25FN4O3S/c1-4-9-20-17(24)12-27-18-22-21-16(23(18)13(2)10-25-3)11-26-15-8-6-5-7-14(15)19/h5-8,13H,4,9-12H2,1-3H3,(H,20,24)/t13-/m0/s1. The Hall–Kier alpha value is -2.13. The van der Waals surface area contributed by atoms with Crippen molar-refractivity contribution in [1.82, 2.24) is 20.1 Å². The van der Waals surface area contributed by atoms with Crippen molar-refractivity contribution in [3.05, 3.63) is 35.9 Å². The summed E-state index contributed by atoms with van der Waals surface area (Å²) in [7, 11) is 1.61. The van der Waals surface area contributed by atoms with E-state index in [0.717, 1.165) is 6.42 Å². The van der Waals surface area contributed by atoms with Gasteiger partial charge in [0.25, 0.3) is 0 Å². The number of methoxy groups -OCH3 is 1. The van der Waals surface area contributed by atoms with Gasteiger partial charge in [-0.3, -0.25) is 9.36 Å². The van der Waals surface area contributed by atoms with Crippen LogP contribution >= 0.6 is 11.8 Å². The van der Waals surface area contributed by atoms with E-state index in [1.54, 1.807) is 25.3 Å². The van der Waals surface area contributed by atoms with Crippen molar-refractivity contribution in [2.24, 2.45) is 0 Å². The van der Waals surface area contributed by atoms with Gasteiger partial charge in [-0.05, 0) is 25.5 Å². The third kappa shape index (κ3) is 6.21. The number of benzene rings is 1. The normalized spacial score (nSPS) is 12.0. The van der Waals surface area contributed by atoms with Crippen LogP contribution in [0.15, 0.2) is 29.4 Å².